The highest BCUT2D eigenvalue weighted by atomic mass is 16.7. The number of hydrogen-bond acceptors (Lipinski definition) is 10. The van der Waals surface area contributed by atoms with Gasteiger partial charge in [-0.05, 0) is 50.3 Å². The Labute approximate surface area is 231 Å². The van der Waals surface area contributed by atoms with Crippen LogP contribution in [0.2, 0.25) is 0 Å². The van der Waals surface area contributed by atoms with E-state index in [0.717, 1.165) is 38.5 Å². The van der Waals surface area contributed by atoms with E-state index in [-0.39, 0.29) is 44.0 Å². The van der Waals surface area contributed by atoms with Gasteiger partial charge in [0.05, 0.1) is 6.61 Å². The van der Waals surface area contributed by atoms with E-state index in [4.69, 9.17) is 29.4 Å². The van der Waals surface area contributed by atoms with Gasteiger partial charge < -0.3 is 29.4 Å². The zero-order valence-electron chi connectivity index (χ0n) is 23.8. The maximum absolute atomic E-state index is 12.4. The fourth-order valence-corrected chi connectivity index (χ4v) is 3.41. The Balaban J connectivity index is 2.77. The summed E-state index contributed by atoms with van der Waals surface area (Å²) in [5.41, 5.74) is 6.63. The van der Waals surface area contributed by atoms with Crippen molar-refractivity contribution in [3.8, 4) is 11.5 Å². The molecule has 10 nitrogen and oxygen atoms in total. The average molecular weight is 552 g/mol. The van der Waals surface area contributed by atoms with Crippen molar-refractivity contribution >= 4 is 24.1 Å². The summed E-state index contributed by atoms with van der Waals surface area (Å²) in [7, 11) is 0. The molecule has 0 spiro atoms. The van der Waals surface area contributed by atoms with Crippen LogP contribution < -0.4 is 15.2 Å². The van der Waals surface area contributed by atoms with E-state index in [0.29, 0.717) is 18.4 Å². The Hall–Kier alpha value is -3.14. The maximum Gasteiger partial charge on any atom is 0.508 e. The van der Waals surface area contributed by atoms with Gasteiger partial charge in [-0.3, -0.25) is 14.4 Å². The number of benzene rings is 1. The Morgan fingerprint density at radius 1 is 0.795 bits per heavy atom. The molecule has 0 amide bonds. The molecule has 10 heteroatoms. The molecule has 2 N–H and O–H groups in total. The molecule has 0 aliphatic rings. The lowest BCUT2D eigenvalue weighted by Gasteiger charge is -2.17. The summed E-state index contributed by atoms with van der Waals surface area (Å²) in [6, 6.07) is 3.69. The fraction of sp³-hybridized carbons (Fsp3) is 0.655. The molecule has 1 aromatic carbocycles. The molecule has 0 saturated heterocycles. The first kappa shape index (κ1) is 33.9. The fourth-order valence-electron chi connectivity index (χ4n) is 3.41. The van der Waals surface area contributed by atoms with Gasteiger partial charge in [-0.15, -0.1) is 0 Å². The average Bonchev–Trinajstić information content (AvgIpc) is 2.89. The summed E-state index contributed by atoms with van der Waals surface area (Å²) in [4.78, 5) is 48.7. The summed E-state index contributed by atoms with van der Waals surface area (Å²) in [6.07, 6.45) is 5.81. The number of ether oxygens (including phenoxy) is 5. The molecule has 0 bridgehead atoms. The minimum Gasteiger partial charge on any atom is -0.461 e. The Morgan fingerprint density at radius 2 is 1.38 bits per heavy atom. The lowest BCUT2D eigenvalue weighted by atomic mass is 10.1. The second kappa shape index (κ2) is 19.9. The minimum atomic E-state index is -1.02. The quantitative estimate of drug-likeness (QED) is 0.135. The van der Waals surface area contributed by atoms with E-state index in [1.165, 1.54) is 12.1 Å². The Kier molecular flexibility index (Phi) is 17.3. The van der Waals surface area contributed by atoms with E-state index >= 15 is 0 Å². The van der Waals surface area contributed by atoms with Crippen molar-refractivity contribution in [1.29, 1.82) is 0 Å². The van der Waals surface area contributed by atoms with Crippen LogP contribution in [0.3, 0.4) is 0 Å². The molecule has 39 heavy (non-hydrogen) atoms. The summed E-state index contributed by atoms with van der Waals surface area (Å²) in [5, 5.41) is 0. The van der Waals surface area contributed by atoms with Gasteiger partial charge in [-0.2, -0.15) is 0 Å². The molecule has 0 saturated carbocycles. The highest BCUT2D eigenvalue weighted by Gasteiger charge is 2.21. The molecule has 0 radical (unpaired) electrons. The van der Waals surface area contributed by atoms with E-state index in [9.17, 15) is 19.2 Å². The van der Waals surface area contributed by atoms with Gasteiger partial charge in [-0.1, -0.05) is 58.9 Å². The first-order valence-electron chi connectivity index (χ1n) is 14.0. The second-order valence-electron chi connectivity index (χ2n) is 9.46. The first-order valence-corrected chi connectivity index (χ1v) is 14.0. The van der Waals surface area contributed by atoms with Crippen molar-refractivity contribution in [1.82, 2.24) is 0 Å². The molecular formula is C29H45NO9. The molecule has 220 valence electrons. The maximum atomic E-state index is 12.4. The normalized spacial score (nSPS) is 12.2. The summed E-state index contributed by atoms with van der Waals surface area (Å²) in [5.74, 6) is -1.30. The van der Waals surface area contributed by atoms with Gasteiger partial charge >= 0.3 is 24.1 Å². The summed E-state index contributed by atoms with van der Waals surface area (Å²) < 4.78 is 26.1. The zero-order valence-corrected chi connectivity index (χ0v) is 23.8. The van der Waals surface area contributed by atoms with E-state index in [2.05, 4.69) is 0 Å². The predicted octanol–water partition coefficient (Wildman–Crippen LogP) is 5.41. The van der Waals surface area contributed by atoms with Crippen LogP contribution in [0.1, 0.15) is 97.5 Å². The van der Waals surface area contributed by atoms with Crippen LogP contribution in [0.15, 0.2) is 18.2 Å². The van der Waals surface area contributed by atoms with Crippen LogP contribution in [-0.4, -0.2) is 49.4 Å². The molecule has 1 aromatic rings. The van der Waals surface area contributed by atoms with Crippen LogP contribution >= 0.6 is 0 Å². The second-order valence-corrected chi connectivity index (χ2v) is 9.46. The molecule has 2 atom stereocenters. The number of hydrogen-bond donors (Lipinski definition) is 1. The van der Waals surface area contributed by atoms with Crippen LogP contribution in [0.25, 0.3) is 0 Å². The van der Waals surface area contributed by atoms with Crippen molar-refractivity contribution in [2.45, 2.75) is 110 Å². The zero-order chi connectivity index (χ0) is 29.0. The lowest BCUT2D eigenvalue weighted by Crippen LogP contribution is -2.36. The smallest absolute Gasteiger partial charge is 0.461 e. The van der Waals surface area contributed by atoms with Crippen LogP contribution in [0, 0.1) is 0 Å². The predicted molar refractivity (Wildman–Crippen MR) is 145 cm³/mol. The van der Waals surface area contributed by atoms with Crippen LogP contribution in [-0.2, 0) is 35.0 Å². The third-order valence-corrected chi connectivity index (χ3v) is 5.66. The van der Waals surface area contributed by atoms with Gasteiger partial charge in [0.1, 0.15) is 18.8 Å². The van der Waals surface area contributed by atoms with Crippen molar-refractivity contribution in [2.24, 2.45) is 5.73 Å². The van der Waals surface area contributed by atoms with Gasteiger partial charge in [0.15, 0.2) is 11.5 Å². The summed E-state index contributed by atoms with van der Waals surface area (Å²) in [6.45, 7) is 7.71. The minimum absolute atomic E-state index is 0.0816. The molecule has 0 unspecified atom stereocenters. The topological polar surface area (TPSA) is 140 Å². The molecule has 0 heterocycles. The van der Waals surface area contributed by atoms with Gasteiger partial charge in [0.2, 0.25) is 0 Å². The molecule has 0 aliphatic heterocycles. The largest absolute Gasteiger partial charge is 0.508 e. The van der Waals surface area contributed by atoms with Crippen molar-refractivity contribution in [3.63, 3.8) is 0 Å². The molecule has 1 rings (SSSR count). The number of esters is 3. The summed E-state index contributed by atoms with van der Waals surface area (Å²) >= 11 is 0. The Morgan fingerprint density at radius 3 is 1.97 bits per heavy atom. The van der Waals surface area contributed by atoms with Gasteiger partial charge in [0, 0.05) is 12.8 Å². The highest BCUT2D eigenvalue weighted by molar-refractivity contribution is 5.77. The highest BCUT2D eigenvalue weighted by Crippen LogP contribution is 2.30. The molecular weight excluding hydrogens is 506 g/mol. The van der Waals surface area contributed by atoms with Crippen molar-refractivity contribution in [2.75, 3.05) is 13.2 Å². The van der Waals surface area contributed by atoms with Crippen LogP contribution in [0.5, 0.6) is 11.5 Å². The third-order valence-electron chi connectivity index (χ3n) is 5.66. The molecule has 0 fully saturated rings. The van der Waals surface area contributed by atoms with E-state index in [1.807, 2.05) is 20.8 Å². The SMILES string of the molecule is CCCCCC(=O)Oc1ccc(C[C@H](N)C(=O)OC[C@H](C)OC(=O)OCCCC)cc1OC(=O)CCCCC. The lowest BCUT2D eigenvalue weighted by molar-refractivity contribution is -0.148. The van der Waals surface area contributed by atoms with Crippen LogP contribution in [0.4, 0.5) is 4.79 Å². The standard InChI is InChI=1S/C29H45NO9/c1-5-8-11-13-26(31)38-24-16-15-22(19-25(24)39-27(32)14-12-9-6-2)18-23(30)28(33)36-20-21(4)37-29(34)35-17-10-7-3/h15-16,19,21,23H,5-14,17-18,20,30H2,1-4H3/t21-,23-/m0/s1. The number of nitrogens with two attached hydrogens (primary N) is 1. The number of carbonyl (C=O) groups excluding carboxylic acids is 4. The monoisotopic (exact) mass is 551 g/mol. The van der Waals surface area contributed by atoms with E-state index in [1.54, 1.807) is 13.0 Å². The number of rotatable bonds is 19. The Bertz CT molecular complexity index is 903. The van der Waals surface area contributed by atoms with Gasteiger partial charge in [-0.25, -0.2) is 4.79 Å². The van der Waals surface area contributed by atoms with Crippen molar-refractivity contribution in [3.05, 3.63) is 23.8 Å². The van der Waals surface area contributed by atoms with Crippen molar-refractivity contribution < 1.29 is 42.9 Å². The number of carbonyl (C=O) groups is 4. The van der Waals surface area contributed by atoms with E-state index < -0.39 is 36.2 Å². The molecule has 0 aliphatic carbocycles. The first-order chi connectivity index (χ1) is 18.7. The van der Waals surface area contributed by atoms with Gasteiger partial charge in [0.25, 0.3) is 0 Å². The number of unbranched alkanes of at least 4 members (excludes halogenated alkanes) is 5. The molecule has 0 aromatic heterocycles. The third kappa shape index (κ3) is 15.1.